The van der Waals surface area contributed by atoms with Crippen molar-refractivity contribution in [3.05, 3.63) is 27.5 Å². The van der Waals surface area contributed by atoms with Crippen LogP contribution in [0, 0.1) is 4.64 Å². The molecule has 2 rings (SSSR count). The Morgan fingerprint density at radius 1 is 1.31 bits per heavy atom. The summed E-state index contributed by atoms with van der Waals surface area (Å²) in [5.41, 5.74) is 3.96. The summed E-state index contributed by atoms with van der Waals surface area (Å²) >= 11 is 5.10. The predicted molar refractivity (Wildman–Crippen MR) is 67.6 cm³/mol. The number of aromatic amines is 2. The lowest BCUT2D eigenvalue weighted by Gasteiger charge is -1.98. The summed E-state index contributed by atoms with van der Waals surface area (Å²) in [6.45, 7) is 4.23. The number of aldehydes is 1. The Balaban J connectivity index is 2.83. The number of aryl methyl sites for hydroxylation is 2. The molecule has 0 radical (unpaired) electrons. The number of hydrogen-bond donors (Lipinski definition) is 2. The maximum atomic E-state index is 10.9. The molecule has 16 heavy (non-hydrogen) atoms. The second-order valence-electron chi connectivity index (χ2n) is 3.75. The zero-order chi connectivity index (χ0) is 11.7. The first-order valence-corrected chi connectivity index (χ1v) is 5.84. The van der Waals surface area contributed by atoms with Crippen molar-refractivity contribution in [2.24, 2.45) is 0 Å². The van der Waals surface area contributed by atoms with Crippen molar-refractivity contribution in [3.63, 3.8) is 0 Å². The van der Waals surface area contributed by atoms with Crippen LogP contribution in [0.4, 0.5) is 0 Å². The van der Waals surface area contributed by atoms with E-state index >= 15 is 0 Å². The van der Waals surface area contributed by atoms with Crippen LogP contribution in [0.15, 0.2) is 6.07 Å². The van der Waals surface area contributed by atoms with Crippen molar-refractivity contribution in [1.82, 2.24) is 9.97 Å². The minimum atomic E-state index is 0.494. The fraction of sp³-hybridized carbons (Fsp3) is 0.333. The SMILES string of the molecule is CCc1[nH]c2[nH]c(=S)c(C=O)cc2c1CC. The largest absolute Gasteiger partial charge is 0.345 e. The van der Waals surface area contributed by atoms with E-state index in [9.17, 15) is 4.79 Å². The van der Waals surface area contributed by atoms with Crippen LogP contribution in [-0.4, -0.2) is 16.3 Å². The Labute approximate surface area is 98.9 Å². The highest BCUT2D eigenvalue weighted by Gasteiger charge is 2.10. The average molecular weight is 234 g/mol. The zero-order valence-electron chi connectivity index (χ0n) is 9.39. The smallest absolute Gasteiger partial charge is 0.153 e. The number of pyridine rings is 1. The molecular weight excluding hydrogens is 220 g/mol. The van der Waals surface area contributed by atoms with Crippen molar-refractivity contribution < 1.29 is 4.79 Å². The Bertz CT molecular complexity index is 595. The Morgan fingerprint density at radius 2 is 2.06 bits per heavy atom. The standard InChI is InChI=1S/C12H14N2OS/c1-3-8-9-5-7(6-15)12(16)14-11(9)13-10(8)4-2/h5-6H,3-4H2,1-2H3,(H2,13,14,16). The molecule has 2 N–H and O–H groups in total. The molecule has 2 aromatic heterocycles. The summed E-state index contributed by atoms with van der Waals surface area (Å²) in [5.74, 6) is 0. The Kier molecular flexibility index (Phi) is 2.92. The van der Waals surface area contributed by atoms with Gasteiger partial charge in [0.1, 0.15) is 10.3 Å². The van der Waals surface area contributed by atoms with Gasteiger partial charge >= 0.3 is 0 Å². The van der Waals surface area contributed by atoms with E-state index in [0.29, 0.717) is 10.2 Å². The number of H-pyrrole nitrogens is 2. The average Bonchev–Trinajstić information content (AvgIpc) is 2.64. The second kappa shape index (κ2) is 4.22. The molecule has 0 aromatic carbocycles. The van der Waals surface area contributed by atoms with Gasteiger partial charge in [0, 0.05) is 16.6 Å². The van der Waals surface area contributed by atoms with E-state index in [0.717, 1.165) is 30.2 Å². The molecule has 3 nitrogen and oxygen atoms in total. The maximum absolute atomic E-state index is 10.9. The number of nitrogens with one attached hydrogen (secondary N) is 2. The number of aromatic nitrogens is 2. The molecule has 0 spiro atoms. The van der Waals surface area contributed by atoms with Gasteiger partial charge in [-0.05, 0) is 24.5 Å². The first-order valence-electron chi connectivity index (χ1n) is 5.43. The van der Waals surface area contributed by atoms with Gasteiger partial charge in [0.05, 0.1) is 0 Å². The van der Waals surface area contributed by atoms with E-state index in [1.165, 1.54) is 11.3 Å². The van der Waals surface area contributed by atoms with Gasteiger partial charge < -0.3 is 9.97 Å². The van der Waals surface area contributed by atoms with Gasteiger partial charge in [-0.2, -0.15) is 0 Å². The minimum Gasteiger partial charge on any atom is -0.345 e. The molecule has 4 heteroatoms. The van der Waals surface area contributed by atoms with Crippen LogP contribution in [0.3, 0.4) is 0 Å². The van der Waals surface area contributed by atoms with Crippen LogP contribution in [0.2, 0.25) is 0 Å². The molecule has 0 aliphatic rings. The monoisotopic (exact) mass is 234 g/mol. The third-order valence-electron chi connectivity index (χ3n) is 2.87. The van der Waals surface area contributed by atoms with Gasteiger partial charge in [0.15, 0.2) is 6.29 Å². The van der Waals surface area contributed by atoms with E-state index in [2.05, 4.69) is 23.8 Å². The van der Waals surface area contributed by atoms with E-state index in [4.69, 9.17) is 12.2 Å². The third kappa shape index (κ3) is 1.59. The molecule has 0 fully saturated rings. The Morgan fingerprint density at radius 3 is 2.62 bits per heavy atom. The lowest BCUT2D eigenvalue weighted by Crippen LogP contribution is -1.88. The lowest BCUT2D eigenvalue weighted by molar-refractivity contribution is 0.112. The second-order valence-corrected chi connectivity index (χ2v) is 4.16. The number of fused-ring (bicyclic) bond motifs is 1. The molecule has 0 atom stereocenters. The fourth-order valence-corrected chi connectivity index (χ4v) is 2.27. The molecule has 84 valence electrons. The predicted octanol–water partition coefficient (Wildman–Crippen LogP) is 3.16. The lowest BCUT2D eigenvalue weighted by atomic mass is 10.1. The van der Waals surface area contributed by atoms with E-state index < -0.39 is 0 Å². The number of hydrogen-bond acceptors (Lipinski definition) is 2. The molecule has 0 unspecified atom stereocenters. The quantitative estimate of drug-likeness (QED) is 0.633. The van der Waals surface area contributed by atoms with Gasteiger partial charge in [-0.1, -0.05) is 26.1 Å². The van der Waals surface area contributed by atoms with Crippen molar-refractivity contribution in [1.29, 1.82) is 0 Å². The fourth-order valence-electron chi connectivity index (χ4n) is 2.06. The summed E-state index contributed by atoms with van der Waals surface area (Å²) < 4.78 is 0.494. The molecule has 0 aliphatic heterocycles. The molecule has 0 amide bonds. The van der Waals surface area contributed by atoms with Gasteiger partial charge in [0.2, 0.25) is 0 Å². The highest BCUT2D eigenvalue weighted by Crippen LogP contribution is 2.23. The maximum Gasteiger partial charge on any atom is 0.153 e. The van der Waals surface area contributed by atoms with E-state index in [1.807, 2.05) is 6.07 Å². The molecule has 0 bridgehead atoms. The molecule has 0 aliphatic carbocycles. The summed E-state index contributed by atoms with van der Waals surface area (Å²) in [6, 6.07) is 1.87. The van der Waals surface area contributed by atoms with Crippen LogP contribution >= 0.6 is 12.2 Å². The van der Waals surface area contributed by atoms with Crippen LogP contribution in [0.1, 0.15) is 35.5 Å². The first-order chi connectivity index (χ1) is 7.71. The van der Waals surface area contributed by atoms with Crippen LogP contribution in [-0.2, 0) is 12.8 Å². The number of rotatable bonds is 3. The number of carbonyl (C=O) groups excluding carboxylic acids is 1. The summed E-state index contributed by atoms with van der Waals surface area (Å²) in [5, 5.41) is 1.08. The van der Waals surface area contributed by atoms with Crippen LogP contribution in [0.25, 0.3) is 11.0 Å². The molecule has 2 aromatic rings. The Hall–Kier alpha value is -1.42. The molecule has 0 saturated carbocycles. The first kappa shape index (κ1) is 11.1. The van der Waals surface area contributed by atoms with Crippen LogP contribution < -0.4 is 0 Å². The molecule has 0 saturated heterocycles. The normalized spacial score (nSPS) is 10.9. The third-order valence-corrected chi connectivity index (χ3v) is 3.21. The number of carbonyl (C=O) groups is 1. The topological polar surface area (TPSA) is 48.6 Å². The van der Waals surface area contributed by atoms with Crippen molar-refractivity contribution in [3.8, 4) is 0 Å². The highest BCUT2D eigenvalue weighted by molar-refractivity contribution is 7.71. The zero-order valence-corrected chi connectivity index (χ0v) is 10.2. The van der Waals surface area contributed by atoms with Crippen molar-refractivity contribution in [2.75, 3.05) is 0 Å². The summed E-state index contributed by atoms with van der Waals surface area (Å²) in [6.07, 6.45) is 2.71. The van der Waals surface area contributed by atoms with Gasteiger partial charge in [-0.3, -0.25) is 4.79 Å². The van der Waals surface area contributed by atoms with Gasteiger partial charge in [0.25, 0.3) is 0 Å². The van der Waals surface area contributed by atoms with E-state index in [1.54, 1.807) is 0 Å². The van der Waals surface area contributed by atoms with Crippen molar-refractivity contribution >= 4 is 29.5 Å². The summed E-state index contributed by atoms with van der Waals surface area (Å²) in [7, 11) is 0. The minimum absolute atomic E-state index is 0.494. The van der Waals surface area contributed by atoms with E-state index in [-0.39, 0.29) is 0 Å². The highest BCUT2D eigenvalue weighted by atomic mass is 32.1. The van der Waals surface area contributed by atoms with Crippen molar-refractivity contribution in [2.45, 2.75) is 26.7 Å². The molecule has 2 heterocycles. The molecular formula is C12H14N2OS. The van der Waals surface area contributed by atoms with Gasteiger partial charge in [-0.15, -0.1) is 0 Å². The van der Waals surface area contributed by atoms with Crippen LogP contribution in [0.5, 0.6) is 0 Å². The summed E-state index contributed by atoms with van der Waals surface area (Å²) in [4.78, 5) is 17.2. The van der Waals surface area contributed by atoms with Gasteiger partial charge in [-0.25, -0.2) is 0 Å².